The molecule has 3 atom stereocenters. The van der Waals surface area contributed by atoms with Crippen molar-refractivity contribution < 1.29 is 23.7 Å². The molecule has 0 bridgehead atoms. The van der Waals surface area contributed by atoms with Gasteiger partial charge >= 0.3 is 0 Å². The molecule has 5 nitrogen and oxygen atoms in total. The Morgan fingerprint density at radius 3 is 1.30 bits per heavy atom. The van der Waals surface area contributed by atoms with E-state index in [1.54, 1.807) is 0 Å². The van der Waals surface area contributed by atoms with Gasteiger partial charge in [0.15, 0.2) is 17.4 Å². The van der Waals surface area contributed by atoms with Gasteiger partial charge in [0.05, 0.1) is 6.61 Å². The molecule has 0 radical (unpaired) electrons. The van der Waals surface area contributed by atoms with Crippen LogP contribution in [-0.2, 0) is 15.3 Å². The van der Waals surface area contributed by atoms with Gasteiger partial charge in [0, 0.05) is 5.75 Å². The smallest absolute Gasteiger partial charge is 0.198 e. The highest BCUT2D eigenvalue weighted by Crippen LogP contribution is 2.14. The van der Waals surface area contributed by atoms with Crippen LogP contribution in [0.15, 0.2) is 0 Å². The van der Waals surface area contributed by atoms with Crippen LogP contribution in [0.1, 0.15) is 129 Å². The fraction of sp³-hybridized carbons (Fsp3) is 1.00. The Balaban J connectivity index is 3.19. The van der Waals surface area contributed by atoms with Crippen LogP contribution >= 0.6 is 0 Å². The average Bonchev–Trinajstić information content (AvgIpc) is 2.74. The van der Waals surface area contributed by atoms with E-state index in [9.17, 15) is 9.32 Å². The van der Waals surface area contributed by atoms with Gasteiger partial charge in [-0.15, -0.1) is 0 Å². The van der Waals surface area contributed by atoms with Crippen molar-refractivity contribution in [2.45, 2.75) is 141 Å². The lowest BCUT2D eigenvalue weighted by molar-refractivity contribution is -0.112. The molecule has 0 aliphatic carbocycles. The molecule has 6 heteroatoms. The summed E-state index contributed by atoms with van der Waals surface area (Å²) >= 11 is -1.61. The Hall–Kier alpha value is -0.0100. The first kappa shape index (κ1) is 30.0. The van der Waals surface area contributed by atoms with Crippen molar-refractivity contribution in [3.63, 3.8) is 0 Å². The van der Waals surface area contributed by atoms with Gasteiger partial charge < -0.3 is 15.3 Å². The minimum absolute atomic E-state index is 0.355. The van der Waals surface area contributed by atoms with Crippen LogP contribution in [0.5, 0.6) is 0 Å². The minimum atomic E-state index is -1.61. The standard InChI is InChI=1S/C24H50O5S/c1-2-3-4-5-6-7-8-9-10-11-12-13-14-15-16-17-18-19-20-21-30(28)29-24(27)23(26)22-25/h23-27H,2-22H2,1H3. The molecule has 0 aromatic rings. The molecule has 0 saturated carbocycles. The highest BCUT2D eigenvalue weighted by Gasteiger charge is 2.18. The zero-order valence-electron chi connectivity index (χ0n) is 19.6. The van der Waals surface area contributed by atoms with Crippen molar-refractivity contribution in [2.24, 2.45) is 0 Å². The number of hydrogen-bond acceptors (Lipinski definition) is 5. The topological polar surface area (TPSA) is 87.0 Å². The molecule has 0 aliphatic heterocycles. The zero-order chi connectivity index (χ0) is 22.3. The summed E-state index contributed by atoms with van der Waals surface area (Å²) in [5.74, 6) is 0.355. The normalized spacial score (nSPS) is 14.7. The molecule has 3 unspecified atom stereocenters. The Kier molecular flexibility index (Phi) is 23.6. The van der Waals surface area contributed by atoms with E-state index in [-0.39, 0.29) is 0 Å². The van der Waals surface area contributed by atoms with E-state index in [2.05, 4.69) is 6.92 Å². The van der Waals surface area contributed by atoms with Crippen molar-refractivity contribution in [3.8, 4) is 0 Å². The summed E-state index contributed by atoms with van der Waals surface area (Å²) in [4.78, 5) is 0. The van der Waals surface area contributed by atoms with Crippen LogP contribution in [-0.4, -0.2) is 44.3 Å². The molecule has 0 aromatic carbocycles. The summed E-state index contributed by atoms with van der Waals surface area (Å²) in [6, 6.07) is 0. The SMILES string of the molecule is CCCCCCCCCCCCCCCCCCCCCS(=O)OC(O)C(O)CO. The quantitative estimate of drug-likeness (QED) is 0.128. The van der Waals surface area contributed by atoms with Crippen molar-refractivity contribution in [1.29, 1.82) is 0 Å². The summed E-state index contributed by atoms with van der Waals surface area (Å²) in [5, 5.41) is 27.1. The molecular formula is C24H50O5S. The number of rotatable bonds is 24. The molecule has 0 rings (SSSR count). The average molecular weight is 451 g/mol. The van der Waals surface area contributed by atoms with Gasteiger partial charge in [-0.2, -0.15) is 0 Å². The van der Waals surface area contributed by atoms with Crippen LogP contribution in [0, 0.1) is 0 Å². The summed E-state index contributed by atoms with van der Waals surface area (Å²) in [6.07, 6.45) is 22.0. The molecule has 30 heavy (non-hydrogen) atoms. The molecule has 0 amide bonds. The summed E-state index contributed by atoms with van der Waals surface area (Å²) in [6.45, 7) is 1.66. The first-order valence-electron chi connectivity index (χ1n) is 12.6. The molecule has 0 aromatic heterocycles. The van der Waals surface area contributed by atoms with Crippen LogP contribution < -0.4 is 0 Å². The van der Waals surface area contributed by atoms with E-state index in [4.69, 9.17) is 14.4 Å². The fourth-order valence-electron chi connectivity index (χ4n) is 3.61. The summed E-state index contributed by atoms with van der Waals surface area (Å²) < 4.78 is 16.4. The number of aliphatic hydroxyl groups is 3. The maximum atomic E-state index is 11.6. The first-order valence-corrected chi connectivity index (χ1v) is 13.9. The van der Waals surface area contributed by atoms with Gasteiger partial charge in [-0.25, -0.2) is 4.21 Å². The van der Waals surface area contributed by atoms with Gasteiger partial charge in [-0.1, -0.05) is 122 Å². The number of hydrogen-bond donors (Lipinski definition) is 3. The summed E-state index contributed by atoms with van der Waals surface area (Å²) in [5.41, 5.74) is 0. The fourth-order valence-corrected chi connectivity index (χ4v) is 4.49. The molecule has 182 valence electrons. The number of unbranched alkanes of at least 4 members (excludes halogenated alkanes) is 18. The monoisotopic (exact) mass is 450 g/mol. The highest BCUT2D eigenvalue weighted by atomic mass is 32.2. The lowest BCUT2D eigenvalue weighted by Gasteiger charge is -2.14. The van der Waals surface area contributed by atoms with Crippen molar-refractivity contribution in [2.75, 3.05) is 12.4 Å². The van der Waals surface area contributed by atoms with Crippen LogP contribution in [0.2, 0.25) is 0 Å². The third-order valence-corrected chi connectivity index (χ3v) is 6.67. The second-order valence-electron chi connectivity index (χ2n) is 8.61. The molecule has 0 fully saturated rings. The van der Waals surface area contributed by atoms with E-state index < -0.39 is 30.1 Å². The van der Waals surface area contributed by atoms with E-state index in [0.717, 1.165) is 19.3 Å². The third kappa shape index (κ3) is 21.2. The minimum Gasteiger partial charge on any atom is -0.393 e. The predicted octanol–water partition coefficient (Wildman–Crippen LogP) is 5.77. The van der Waals surface area contributed by atoms with E-state index in [0.29, 0.717) is 5.75 Å². The molecule has 0 aliphatic rings. The van der Waals surface area contributed by atoms with Crippen molar-refractivity contribution >= 4 is 11.1 Å². The molecule has 0 saturated heterocycles. The van der Waals surface area contributed by atoms with Gasteiger partial charge in [0.1, 0.15) is 6.10 Å². The second-order valence-corrected chi connectivity index (χ2v) is 9.82. The van der Waals surface area contributed by atoms with Crippen LogP contribution in [0.4, 0.5) is 0 Å². The van der Waals surface area contributed by atoms with Gasteiger partial charge in [-0.05, 0) is 6.42 Å². The third-order valence-electron chi connectivity index (χ3n) is 5.64. The molecular weight excluding hydrogens is 400 g/mol. The van der Waals surface area contributed by atoms with Gasteiger partial charge in [-0.3, -0.25) is 4.18 Å². The molecule has 0 spiro atoms. The lowest BCUT2D eigenvalue weighted by atomic mass is 10.0. The first-order chi connectivity index (χ1) is 14.6. The molecule has 0 heterocycles. The van der Waals surface area contributed by atoms with Gasteiger partial charge in [0.2, 0.25) is 0 Å². The zero-order valence-corrected chi connectivity index (χ0v) is 20.4. The van der Waals surface area contributed by atoms with E-state index >= 15 is 0 Å². The Bertz CT molecular complexity index is 368. The Morgan fingerprint density at radius 2 is 0.967 bits per heavy atom. The van der Waals surface area contributed by atoms with E-state index in [1.807, 2.05) is 0 Å². The van der Waals surface area contributed by atoms with Gasteiger partial charge in [0.25, 0.3) is 0 Å². The van der Waals surface area contributed by atoms with Crippen LogP contribution in [0.25, 0.3) is 0 Å². The number of aliphatic hydroxyl groups excluding tert-OH is 3. The molecule has 3 N–H and O–H groups in total. The van der Waals surface area contributed by atoms with Crippen LogP contribution in [0.3, 0.4) is 0 Å². The van der Waals surface area contributed by atoms with Crippen molar-refractivity contribution in [1.82, 2.24) is 0 Å². The largest absolute Gasteiger partial charge is 0.393 e. The second kappa shape index (κ2) is 23.6. The summed E-state index contributed by atoms with van der Waals surface area (Å²) in [7, 11) is 0. The Morgan fingerprint density at radius 1 is 0.633 bits per heavy atom. The predicted molar refractivity (Wildman–Crippen MR) is 127 cm³/mol. The van der Waals surface area contributed by atoms with Crippen molar-refractivity contribution in [3.05, 3.63) is 0 Å². The van der Waals surface area contributed by atoms with E-state index in [1.165, 1.54) is 103 Å². The highest BCUT2D eigenvalue weighted by molar-refractivity contribution is 7.80. The maximum absolute atomic E-state index is 11.6. The maximum Gasteiger partial charge on any atom is 0.198 e. The Labute approximate surface area is 188 Å². The lowest BCUT2D eigenvalue weighted by Crippen LogP contribution is -2.32.